The Morgan fingerprint density at radius 3 is 2.47 bits per heavy atom. The van der Waals surface area contributed by atoms with Crippen LogP contribution in [0.1, 0.15) is 26.7 Å². The molecule has 0 rings (SSSR count). The van der Waals surface area contributed by atoms with Crippen LogP contribution in [0.5, 0.6) is 0 Å². The van der Waals surface area contributed by atoms with Gasteiger partial charge in [-0.25, -0.2) is 0 Å². The van der Waals surface area contributed by atoms with Crippen LogP contribution < -0.4 is 5.73 Å². The average Bonchev–Trinajstić information content (AvgIpc) is 2.31. The molecule has 0 saturated carbocycles. The molecule has 17 heavy (non-hydrogen) atoms. The number of aliphatic hydroxyl groups is 1. The molecule has 3 atom stereocenters. The van der Waals surface area contributed by atoms with E-state index in [1.807, 2.05) is 6.92 Å². The highest BCUT2D eigenvalue weighted by Crippen LogP contribution is 2.16. The lowest BCUT2D eigenvalue weighted by Crippen LogP contribution is -2.28. The first kappa shape index (κ1) is 16.2. The van der Waals surface area contributed by atoms with E-state index in [1.165, 1.54) is 0 Å². The Hall–Kier alpha value is -0.750. The number of ether oxygens (including phenoxy) is 1. The van der Waals surface area contributed by atoms with Crippen molar-refractivity contribution >= 4 is 24.5 Å². The van der Waals surface area contributed by atoms with E-state index in [1.54, 1.807) is 6.92 Å². The summed E-state index contributed by atoms with van der Waals surface area (Å²) in [5.41, 5.74) is 5.20. The smallest absolute Gasteiger partial charge is 0.308 e. The molecule has 3 unspecified atom stereocenters. The first-order chi connectivity index (χ1) is 7.92. The van der Waals surface area contributed by atoms with Gasteiger partial charge in [-0.3, -0.25) is 9.59 Å². The number of nitrogens with two attached hydrogens (primary N) is 1. The van der Waals surface area contributed by atoms with Crippen molar-refractivity contribution < 1.29 is 19.4 Å². The van der Waals surface area contributed by atoms with Gasteiger partial charge in [0.1, 0.15) is 6.61 Å². The molecule has 0 heterocycles. The van der Waals surface area contributed by atoms with Crippen molar-refractivity contribution in [1.29, 1.82) is 0 Å². The molecular weight excluding hydrogens is 242 g/mol. The van der Waals surface area contributed by atoms with E-state index < -0.39 is 23.9 Å². The summed E-state index contributed by atoms with van der Waals surface area (Å²) in [4.78, 5) is 22.5. The van der Waals surface area contributed by atoms with Crippen LogP contribution in [0.25, 0.3) is 0 Å². The molecule has 0 saturated heterocycles. The summed E-state index contributed by atoms with van der Waals surface area (Å²) in [6, 6.07) is 0. The molecule has 0 bridgehead atoms. The normalized spacial score (nSPS) is 16.0. The van der Waals surface area contributed by atoms with Gasteiger partial charge in [0.15, 0.2) is 0 Å². The molecule has 0 aliphatic rings. The van der Waals surface area contributed by atoms with Crippen molar-refractivity contribution in [1.82, 2.24) is 0 Å². The molecule has 0 spiro atoms. The lowest BCUT2D eigenvalue weighted by molar-refractivity contribution is -0.151. The third-order valence-electron chi connectivity index (χ3n) is 2.56. The average molecular weight is 263 g/mol. The molecule has 3 N–H and O–H groups in total. The Bertz CT molecular complexity index is 260. The zero-order valence-electron chi connectivity index (χ0n) is 10.3. The van der Waals surface area contributed by atoms with Gasteiger partial charge < -0.3 is 15.6 Å². The van der Waals surface area contributed by atoms with Crippen molar-refractivity contribution in [2.24, 2.45) is 17.6 Å². The first-order valence-corrected chi connectivity index (χ1v) is 6.30. The van der Waals surface area contributed by atoms with Gasteiger partial charge in [0.25, 0.3) is 0 Å². The molecule has 100 valence electrons. The van der Waals surface area contributed by atoms with Gasteiger partial charge in [-0.1, -0.05) is 13.8 Å². The summed E-state index contributed by atoms with van der Waals surface area (Å²) in [7, 11) is 0. The van der Waals surface area contributed by atoms with Crippen LogP contribution in [0.2, 0.25) is 0 Å². The minimum atomic E-state index is -0.757. The van der Waals surface area contributed by atoms with Gasteiger partial charge >= 0.3 is 5.97 Å². The fourth-order valence-corrected chi connectivity index (χ4v) is 1.49. The molecule has 0 aromatic heterocycles. The highest BCUT2D eigenvalue weighted by atomic mass is 32.1. The number of amides is 1. The summed E-state index contributed by atoms with van der Waals surface area (Å²) in [5.74, 6) is -1.31. The number of hydrogen-bond acceptors (Lipinski definition) is 5. The maximum Gasteiger partial charge on any atom is 0.308 e. The lowest BCUT2D eigenvalue weighted by atomic mass is 9.93. The van der Waals surface area contributed by atoms with Gasteiger partial charge in [0.2, 0.25) is 5.91 Å². The number of carbonyl (C=O) groups excluding carboxylic acids is 2. The number of esters is 1. The van der Waals surface area contributed by atoms with Crippen molar-refractivity contribution in [3.05, 3.63) is 0 Å². The van der Waals surface area contributed by atoms with E-state index in [4.69, 9.17) is 10.5 Å². The van der Waals surface area contributed by atoms with E-state index in [0.29, 0.717) is 12.8 Å². The Morgan fingerprint density at radius 1 is 1.47 bits per heavy atom. The fraction of sp³-hybridized carbons (Fsp3) is 0.818. The van der Waals surface area contributed by atoms with E-state index in [-0.39, 0.29) is 18.3 Å². The topological polar surface area (TPSA) is 89.6 Å². The van der Waals surface area contributed by atoms with E-state index in [0.717, 1.165) is 0 Å². The maximum atomic E-state index is 11.5. The van der Waals surface area contributed by atoms with E-state index in [2.05, 4.69) is 12.6 Å². The summed E-state index contributed by atoms with van der Waals surface area (Å²) >= 11 is 3.86. The molecule has 5 nitrogen and oxygen atoms in total. The standard InChI is InChI=1S/C11H21NO4S/c1-3-8(10(12)14)4-7(2)11(15)16-5-9(13)6-17/h7-9,13,17H,3-6H2,1-2H3,(H2,12,14). The number of thiol groups is 1. The minimum absolute atomic E-state index is 0.0694. The first-order valence-electron chi connectivity index (χ1n) is 5.67. The largest absolute Gasteiger partial charge is 0.463 e. The summed E-state index contributed by atoms with van der Waals surface area (Å²) in [6.45, 7) is 3.46. The number of aliphatic hydroxyl groups excluding tert-OH is 1. The van der Waals surface area contributed by atoms with Gasteiger partial charge in [-0.05, 0) is 12.8 Å². The van der Waals surface area contributed by atoms with Crippen LogP contribution in [-0.4, -0.2) is 35.4 Å². The zero-order valence-corrected chi connectivity index (χ0v) is 11.2. The third-order valence-corrected chi connectivity index (χ3v) is 2.99. The van der Waals surface area contributed by atoms with Crippen molar-refractivity contribution in [3.63, 3.8) is 0 Å². The zero-order chi connectivity index (χ0) is 13.4. The second-order valence-corrected chi connectivity index (χ2v) is 4.48. The van der Waals surface area contributed by atoms with E-state index >= 15 is 0 Å². The molecule has 6 heteroatoms. The van der Waals surface area contributed by atoms with Crippen LogP contribution >= 0.6 is 12.6 Å². The molecule has 0 aliphatic carbocycles. The van der Waals surface area contributed by atoms with Crippen LogP contribution in [0.4, 0.5) is 0 Å². The fourth-order valence-electron chi connectivity index (χ4n) is 1.38. The predicted octanol–water partition coefficient (Wildman–Crippen LogP) is 0.358. The molecule has 0 aromatic rings. The number of rotatable bonds is 8. The van der Waals surface area contributed by atoms with Crippen LogP contribution in [-0.2, 0) is 14.3 Å². The molecular formula is C11H21NO4S. The van der Waals surface area contributed by atoms with Crippen LogP contribution in [0.3, 0.4) is 0 Å². The van der Waals surface area contributed by atoms with E-state index in [9.17, 15) is 14.7 Å². The number of hydrogen-bond donors (Lipinski definition) is 3. The number of carbonyl (C=O) groups is 2. The number of primary amides is 1. The molecule has 0 aromatic carbocycles. The second kappa shape index (κ2) is 8.36. The van der Waals surface area contributed by atoms with Gasteiger partial charge in [0, 0.05) is 11.7 Å². The quantitative estimate of drug-likeness (QED) is 0.435. The Kier molecular flexibility index (Phi) is 7.99. The minimum Gasteiger partial charge on any atom is -0.463 e. The maximum absolute atomic E-state index is 11.5. The SMILES string of the molecule is CCC(CC(C)C(=O)OCC(O)CS)C(N)=O. The van der Waals surface area contributed by atoms with Crippen molar-refractivity contribution in [2.45, 2.75) is 32.8 Å². The monoisotopic (exact) mass is 263 g/mol. The van der Waals surface area contributed by atoms with Gasteiger partial charge in [-0.2, -0.15) is 12.6 Å². The van der Waals surface area contributed by atoms with Crippen molar-refractivity contribution in [3.8, 4) is 0 Å². The molecule has 0 aliphatic heterocycles. The van der Waals surface area contributed by atoms with Gasteiger partial charge in [-0.15, -0.1) is 0 Å². The molecule has 0 radical (unpaired) electrons. The van der Waals surface area contributed by atoms with Gasteiger partial charge in [0.05, 0.1) is 12.0 Å². The Balaban J connectivity index is 4.08. The predicted molar refractivity (Wildman–Crippen MR) is 67.6 cm³/mol. The highest BCUT2D eigenvalue weighted by Gasteiger charge is 2.22. The van der Waals surface area contributed by atoms with Crippen molar-refractivity contribution in [2.75, 3.05) is 12.4 Å². The van der Waals surface area contributed by atoms with Crippen LogP contribution in [0, 0.1) is 11.8 Å². The summed E-state index contributed by atoms with van der Waals surface area (Å²) < 4.78 is 4.89. The van der Waals surface area contributed by atoms with Crippen LogP contribution in [0.15, 0.2) is 0 Å². The second-order valence-electron chi connectivity index (χ2n) is 4.11. The Morgan fingerprint density at radius 2 is 2.06 bits per heavy atom. The Labute approximate surface area is 107 Å². The summed E-state index contributed by atoms with van der Waals surface area (Å²) in [6.07, 6.45) is 0.223. The molecule has 0 fully saturated rings. The third kappa shape index (κ3) is 6.53. The molecule has 1 amide bonds. The highest BCUT2D eigenvalue weighted by molar-refractivity contribution is 7.80. The lowest BCUT2D eigenvalue weighted by Gasteiger charge is -2.17. The summed E-state index contributed by atoms with van der Waals surface area (Å²) in [5, 5.41) is 9.18.